The number of hydrogen-bond acceptors (Lipinski definition) is 6. The molecular formula is C61H116O6. The normalized spacial score (nSPS) is 12.0. The van der Waals surface area contributed by atoms with Crippen molar-refractivity contribution < 1.29 is 28.6 Å². The second kappa shape index (κ2) is 56.7. The van der Waals surface area contributed by atoms with Gasteiger partial charge in [0.2, 0.25) is 0 Å². The summed E-state index contributed by atoms with van der Waals surface area (Å²) in [5, 5.41) is 0. The summed E-state index contributed by atoms with van der Waals surface area (Å²) >= 11 is 0. The van der Waals surface area contributed by atoms with E-state index < -0.39 is 6.10 Å². The number of unbranched alkanes of at least 4 members (excludes halogenated alkanes) is 43. The zero-order valence-electron chi connectivity index (χ0n) is 45.5. The van der Waals surface area contributed by atoms with Crippen LogP contribution in [-0.4, -0.2) is 37.2 Å². The van der Waals surface area contributed by atoms with Crippen molar-refractivity contribution in [2.75, 3.05) is 13.2 Å². The van der Waals surface area contributed by atoms with Crippen molar-refractivity contribution in [3.8, 4) is 0 Å². The molecule has 0 aromatic rings. The van der Waals surface area contributed by atoms with Crippen LogP contribution in [0.1, 0.15) is 342 Å². The third-order valence-electron chi connectivity index (χ3n) is 13.8. The third kappa shape index (κ3) is 55.0. The van der Waals surface area contributed by atoms with Crippen molar-refractivity contribution in [1.29, 1.82) is 0 Å². The van der Waals surface area contributed by atoms with Crippen molar-refractivity contribution in [1.82, 2.24) is 0 Å². The fourth-order valence-corrected chi connectivity index (χ4v) is 9.21. The van der Waals surface area contributed by atoms with Gasteiger partial charge in [0.05, 0.1) is 0 Å². The van der Waals surface area contributed by atoms with E-state index in [9.17, 15) is 14.4 Å². The molecule has 6 heteroatoms. The molecule has 67 heavy (non-hydrogen) atoms. The van der Waals surface area contributed by atoms with E-state index in [2.05, 4.69) is 32.9 Å². The maximum atomic E-state index is 12.8. The van der Waals surface area contributed by atoms with Crippen molar-refractivity contribution in [3.63, 3.8) is 0 Å². The fourth-order valence-electron chi connectivity index (χ4n) is 9.21. The lowest BCUT2D eigenvalue weighted by Crippen LogP contribution is -2.30. The summed E-state index contributed by atoms with van der Waals surface area (Å²) in [7, 11) is 0. The summed E-state index contributed by atoms with van der Waals surface area (Å²) in [4.78, 5) is 38.0. The van der Waals surface area contributed by atoms with Crippen LogP contribution >= 0.6 is 0 Å². The average Bonchev–Trinajstić information content (AvgIpc) is 3.33. The highest BCUT2D eigenvalue weighted by Crippen LogP contribution is 2.18. The van der Waals surface area contributed by atoms with Gasteiger partial charge in [-0.15, -0.1) is 0 Å². The maximum absolute atomic E-state index is 12.8. The Balaban J connectivity index is 4.02. The lowest BCUT2D eigenvalue weighted by Gasteiger charge is -2.18. The molecule has 0 rings (SSSR count). The second-order valence-electron chi connectivity index (χ2n) is 20.6. The van der Waals surface area contributed by atoms with Gasteiger partial charge in [0.25, 0.3) is 0 Å². The highest BCUT2D eigenvalue weighted by molar-refractivity contribution is 5.71. The summed E-state index contributed by atoms with van der Waals surface area (Å²) in [5.74, 6) is -0.858. The van der Waals surface area contributed by atoms with Crippen LogP contribution in [-0.2, 0) is 28.6 Å². The Morgan fingerprint density at radius 3 is 0.806 bits per heavy atom. The second-order valence-corrected chi connectivity index (χ2v) is 20.6. The van der Waals surface area contributed by atoms with E-state index in [1.807, 2.05) is 0 Å². The average molecular weight is 946 g/mol. The van der Waals surface area contributed by atoms with Crippen LogP contribution in [0.2, 0.25) is 0 Å². The lowest BCUT2D eigenvalue weighted by molar-refractivity contribution is -0.167. The molecule has 0 amide bonds. The molecule has 0 saturated heterocycles. The van der Waals surface area contributed by atoms with Crippen molar-refractivity contribution in [3.05, 3.63) is 12.2 Å². The molecule has 0 aromatic carbocycles. The van der Waals surface area contributed by atoms with Crippen molar-refractivity contribution in [2.45, 2.75) is 348 Å². The number of hydrogen-bond donors (Lipinski definition) is 0. The molecule has 396 valence electrons. The Morgan fingerprint density at radius 2 is 0.522 bits per heavy atom. The predicted molar refractivity (Wildman–Crippen MR) is 289 cm³/mol. The van der Waals surface area contributed by atoms with Crippen LogP contribution in [0.15, 0.2) is 12.2 Å². The van der Waals surface area contributed by atoms with Gasteiger partial charge >= 0.3 is 17.9 Å². The maximum Gasteiger partial charge on any atom is 0.306 e. The van der Waals surface area contributed by atoms with Gasteiger partial charge in [-0.25, -0.2) is 0 Å². The van der Waals surface area contributed by atoms with Gasteiger partial charge < -0.3 is 14.2 Å². The monoisotopic (exact) mass is 945 g/mol. The molecule has 0 radical (unpaired) electrons. The summed E-state index contributed by atoms with van der Waals surface area (Å²) in [6.45, 7) is 6.62. The van der Waals surface area contributed by atoms with Crippen LogP contribution in [0.3, 0.4) is 0 Å². The molecular weight excluding hydrogens is 829 g/mol. The Bertz CT molecular complexity index is 1040. The first-order valence-corrected chi connectivity index (χ1v) is 30.2. The van der Waals surface area contributed by atoms with E-state index in [4.69, 9.17) is 14.2 Å². The molecule has 1 atom stereocenters. The van der Waals surface area contributed by atoms with Gasteiger partial charge in [0.1, 0.15) is 13.2 Å². The van der Waals surface area contributed by atoms with Crippen molar-refractivity contribution >= 4 is 17.9 Å². The molecule has 0 aromatic heterocycles. The molecule has 6 nitrogen and oxygen atoms in total. The zero-order valence-corrected chi connectivity index (χ0v) is 45.5. The molecule has 0 aliphatic heterocycles. The quantitative estimate of drug-likeness (QED) is 0.0262. The largest absolute Gasteiger partial charge is 0.462 e. The van der Waals surface area contributed by atoms with Crippen LogP contribution in [0.4, 0.5) is 0 Å². The van der Waals surface area contributed by atoms with Gasteiger partial charge in [-0.05, 0) is 38.5 Å². The number of ether oxygens (including phenoxy) is 3. The Kier molecular flexibility index (Phi) is 55.2. The Hall–Kier alpha value is -1.85. The first-order chi connectivity index (χ1) is 33.0. The molecule has 0 aliphatic carbocycles. The number of carbonyl (C=O) groups is 3. The number of carbonyl (C=O) groups excluding carboxylic acids is 3. The van der Waals surface area contributed by atoms with Gasteiger partial charge in [0.15, 0.2) is 6.10 Å². The van der Waals surface area contributed by atoms with E-state index in [0.29, 0.717) is 19.3 Å². The first kappa shape index (κ1) is 65.1. The van der Waals surface area contributed by atoms with E-state index in [0.717, 1.165) is 70.6 Å². The topological polar surface area (TPSA) is 78.9 Å². The van der Waals surface area contributed by atoms with E-state index >= 15 is 0 Å². The molecule has 0 saturated carbocycles. The highest BCUT2D eigenvalue weighted by atomic mass is 16.6. The summed E-state index contributed by atoms with van der Waals surface area (Å²) in [5.41, 5.74) is 0. The SMILES string of the molecule is CCC/C=C\CCCCCCCC(=O)OCC(COC(=O)CCCCCCCCCCCCCCCCCCCCCCCCCCCCCC)OC(=O)CCCCCCCCCCCCC. The number of esters is 3. The standard InChI is InChI=1S/C61H116O6/c1-4-7-10-13-16-19-22-23-24-25-26-27-28-29-30-31-32-33-34-35-36-37-38-40-42-45-48-51-54-60(63)66-57-58(56-65-59(62)53-50-47-44-41-21-18-15-12-9-6-3)67-61(64)55-52-49-46-43-39-20-17-14-11-8-5-2/h12,15,58H,4-11,13-14,16-57H2,1-3H3/b15-12-. The summed E-state index contributed by atoms with van der Waals surface area (Å²) in [6.07, 6.45) is 65.3. The molecule has 0 N–H and O–H groups in total. The highest BCUT2D eigenvalue weighted by Gasteiger charge is 2.19. The van der Waals surface area contributed by atoms with Crippen LogP contribution in [0.5, 0.6) is 0 Å². The molecule has 0 fully saturated rings. The smallest absolute Gasteiger partial charge is 0.306 e. The van der Waals surface area contributed by atoms with E-state index in [1.165, 1.54) is 231 Å². The number of rotatable bonds is 56. The predicted octanol–water partition coefficient (Wildman–Crippen LogP) is 20.1. The van der Waals surface area contributed by atoms with E-state index in [-0.39, 0.29) is 31.1 Å². The van der Waals surface area contributed by atoms with Gasteiger partial charge in [-0.3, -0.25) is 14.4 Å². The van der Waals surface area contributed by atoms with Crippen LogP contribution in [0, 0.1) is 0 Å². The lowest BCUT2D eigenvalue weighted by atomic mass is 10.0. The minimum Gasteiger partial charge on any atom is -0.462 e. The Morgan fingerprint density at radius 1 is 0.284 bits per heavy atom. The number of allylic oxidation sites excluding steroid dienone is 2. The van der Waals surface area contributed by atoms with Gasteiger partial charge in [0, 0.05) is 19.3 Å². The van der Waals surface area contributed by atoms with Crippen LogP contribution in [0.25, 0.3) is 0 Å². The minimum atomic E-state index is -0.766. The third-order valence-corrected chi connectivity index (χ3v) is 13.8. The van der Waals surface area contributed by atoms with E-state index in [1.54, 1.807) is 0 Å². The zero-order chi connectivity index (χ0) is 48.6. The minimum absolute atomic E-state index is 0.0671. The summed E-state index contributed by atoms with van der Waals surface area (Å²) < 4.78 is 16.8. The Labute approximate surface area is 418 Å². The molecule has 0 spiro atoms. The fraction of sp³-hybridized carbons (Fsp3) is 0.918. The first-order valence-electron chi connectivity index (χ1n) is 30.2. The molecule has 0 aliphatic rings. The molecule has 1 unspecified atom stereocenters. The van der Waals surface area contributed by atoms with Crippen LogP contribution < -0.4 is 0 Å². The molecule has 0 bridgehead atoms. The summed E-state index contributed by atoms with van der Waals surface area (Å²) in [6, 6.07) is 0. The molecule has 0 heterocycles. The van der Waals surface area contributed by atoms with Gasteiger partial charge in [-0.1, -0.05) is 296 Å². The van der Waals surface area contributed by atoms with Crippen molar-refractivity contribution in [2.24, 2.45) is 0 Å². The van der Waals surface area contributed by atoms with Gasteiger partial charge in [-0.2, -0.15) is 0 Å².